The first-order valence-electron chi connectivity index (χ1n) is 8.89. The number of amides is 2. The molecular formula is C19H24N2O2S2. The normalized spacial score (nSPS) is 16.3. The lowest BCUT2D eigenvalue weighted by molar-refractivity contribution is -0.121. The molecule has 6 heteroatoms. The monoisotopic (exact) mass is 376 g/mol. The summed E-state index contributed by atoms with van der Waals surface area (Å²) in [4.78, 5) is 27.4. The van der Waals surface area contributed by atoms with Gasteiger partial charge in [-0.05, 0) is 61.1 Å². The Hall–Kier alpha value is -1.66. The summed E-state index contributed by atoms with van der Waals surface area (Å²) in [5, 5.41) is 2.04. The van der Waals surface area contributed by atoms with Gasteiger partial charge < -0.3 is 0 Å². The molecule has 2 amide bonds. The number of hydrogen-bond acceptors (Lipinski definition) is 4. The van der Waals surface area contributed by atoms with Crippen LogP contribution in [0.3, 0.4) is 0 Å². The summed E-state index contributed by atoms with van der Waals surface area (Å²) < 4.78 is 0. The van der Waals surface area contributed by atoms with Crippen LogP contribution in [0.5, 0.6) is 0 Å². The van der Waals surface area contributed by atoms with Gasteiger partial charge in [0.2, 0.25) is 5.91 Å². The van der Waals surface area contributed by atoms with E-state index in [9.17, 15) is 9.59 Å². The Balaban J connectivity index is 1.43. The topological polar surface area (TPSA) is 58.2 Å². The fourth-order valence-corrected chi connectivity index (χ4v) is 5.04. The first-order chi connectivity index (χ1) is 12.2. The van der Waals surface area contributed by atoms with Gasteiger partial charge in [0, 0.05) is 16.2 Å². The van der Waals surface area contributed by atoms with Crippen molar-refractivity contribution in [3.05, 3.63) is 43.8 Å². The lowest BCUT2D eigenvalue weighted by Gasteiger charge is -2.19. The predicted octanol–water partition coefficient (Wildman–Crippen LogP) is 4.11. The molecule has 0 aliphatic heterocycles. The van der Waals surface area contributed by atoms with Crippen LogP contribution in [0.2, 0.25) is 0 Å². The maximum Gasteiger partial charge on any atom is 0.279 e. The Kier molecular flexibility index (Phi) is 6.26. The van der Waals surface area contributed by atoms with Crippen molar-refractivity contribution in [2.24, 2.45) is 5.92 Å². The molecule has 134 valence electrons. The third kappa shape index (κ3) is 4.92. The molecule has 1 aliphatic carbocycles. The molecule has 0 radical (unpaired) electrons. The number of rotatable bonds is 6. The Bertz CT molecular complexity index is 722. The van der Waals surface area contributed by atoms with Gasteiger partial charge in [-0.3, -0.25) is 20.4 Å². The highest BCUT2D eigenvalue weighted by atomic mass is 32.1. The van der Waals surface area contributed by atoms with E-state index < -0.39 is 0 Å². The van der Waals surface area contributed by atoms with Crippen LogP contribution in [0.1, 0.15) is 57.6 Å². The van der Waals surface area contributed by atoms with Gasteiger partial charge in [-0.25, -0.2) is 0 Å². The van der Waals surface area contributed by atoms with E-state index in [0.29, 0.717) is 11.3 Å². The summed E-state index contributed by atoms with van der Waals surface area (Å²) in [6.45, 7) is 2.23. The quantitative estimate of drug-likeness (QED) is 0.746. The van der Waals surface area contributed by atoms with Crippen LogP contribution in [-0.4, -0.2) is 11.8 Å². The maximum atomic E-state index is 12.3. The van der Waals surface area contributed by atoms with Gasteiger partial charge in [0.15, 0.2) is 0 Å². The van der Waals surface area contributed by atoms with Crippen molar-refractivity contribution in [1.82, 2.24) is 10.9 Å². The van der Waals surface area contributed by atoms with E-state index in [1.807, 2.05) is 17.5 Å². The van der Waals surface area contributed by atoms with Crippen LogP contribution in [-0.2, 0) is 24.1 Å². The van der Waals surface area contributed by atoms with E-state index in [4.69, 9.17) is 0 Å². The zero-order valence-corrected chi connectivity index (χ0v) is 16.1. The highest BCUT2D eigenvalue weighted by molar-refractivity contribution is 7.14. The molecule has 1 aliphatic rings. The maximum absolute atomic E-state index is 12.3. The zero-order chi connectivity index (χ0) is 17.6. The zero-order valence-electron chi connectivity index (χ0n) is 14.5. The first-order valence-corrected chi connectivity index (χ1v) is 10.6. The molecule has 2 aromatic rings. The second-order valence-corrected chi connectivity index (χ2v) is 8.68. The fourth-order valence-electron chi connectivity index (χ4n) is 3.19. The highest BCUT2D eigenvalue weighted by Gasteiger charge is 2.22. The van der Waals surface area contributed by atoms with Crippen LogP contribution in [0, 0.1) is 5.92 Å². The fraction of sp³-hybridized carbons (Fsp3) is 0.474. The minimum atomic E-state index is -0.209. The van der Waals surface area contributed by atoms with E-state index >= 15 is 0 Å². The second kappa shape index (κ2) is 8.63. The molecule has 1 atom stereocenters. The summed E-state index contributed by atoms with van der Waals surface area (Å²) in [6.07, 6.45) is 6.65. The first kappa shape index (κ1) is 18.1. The number of nitrogens with one attached hydrogen (secondary N) is 2. The minimum absolute atomic E-state index is 0.141. The van der Waals surface area contributed by atoms with Crippen molar-refractivity contribution >= 4 is 34.5 Å². The van der Waals surface area contributed by atoms with Crippen LogP contribution < -0.4 is 10.9 Å². The van der Waals surface area contributed by atoms with Crippen molar-refractivity contribution in [3.63, 3.8) is 0 Å². The van der Waals surface area contributed by atoms with Crippen molar-refractivity contribution in [2.45, 2.75) is 51.9 Å². The Morgan fingerprint density at radius 2 is 2.20 bits per heavy atom. The van der Waals surface area contributed by atoms with E-state index in [-0.39, 0.29) is 11.8 Å². The van der Waals surface area contributed by atoms with E-state index in [1.54, 1.807) is 22.7 Å². The predicted molar refractivity (Wildman–Crippen MR) is 103 cm³/mol. The molecule has 0 fully saturated rings. The standard InChI is InChI=1S/C19H24N2O2S2/c1-2-13-8-9-16-14(11-13)12-17(25-16)19(23)21-20-18(22)7-3-5-15-6-4-10-24-15/h4,6,10,12-13H,2-3,5,7-9,11H2,1H3,(H,20,22)(H,21,23)/t13-/m0/s1. The van der Waals surface area contributed by atoms with Gasteiger partial charge in [-0.15, -0.1) is 22.7 Å². The Morgan fingerprint density at radius 1 is 1.32 bits per heavy atom. The number of carbonyl (C=O) groups excluding carboxylic acids is 2. The molecule has 0 spiro atoms. The molecule has 0 aromatic carbocycles. The minimum Gasteiger partial charge on any atom is -0.273 e. The summed E-state index contributed by atoms with van der Waals surface area (Å²) in [5.74, 6) is 0.386. The average Bonchev–Trinajstić information content (AvgIpc) is 3.28. The third-order valence-electron chi connectivity index (χ3n) is 4.71. The highest BCUT2D eigenvalue weighted by Crippen LogP contribution is 2.33. The molecule has 0 saturated heterocycles. The summed E-state index contributed by atoms with van der Waals surface area (Å²) in [5.41, 5.74) is 6.40. The summed E-state index contributed by atoms with van der Waals surface area (Å²) in [7, 11) is 0. The van der Waals surface area contributed by atoms with Gasteiger partial charge in [-0.1, -0.05) is 19.4 Å². The van der Waals surface area contributed by atoms with E-state index in [2.05, 4.69) is 23.8 Å². The summed E-state index contributed by atoms with van der Waals surface area (Å²) in [6, 6.07) is 6.09. The SMILES string of the molecule is CC[C@H]1CCc2sc(C(=O)NNC(=O)CCCc3cccs3)cc2C1. The largest absolute Gasteiger partial charge is 0.279 e. The number of thiophene rings is 2. The summed E-state index contributed by atoms with van der Waals surface area (Å²) >= 11 is 3.27. The molecule has 0 unspecified atom stereocenters. The van der Waals surface area contributed by atoms with Crippen molar-refractivity contribution in [2.75, 3.05) is 0 Å². The molecule has 2 aromatic heterocycles. The molecule has 3 rings (SSSR count). The lowest BCUT2D eigenvalue weighted by atomic mass is 9.87. The smallest absolute Gasteiger partial charge is 0.273 e. The average molecular weight is 377 g/mol. The molecule has 0 bridgehead atoms. The van der Waals surface area contributed by atoms with Crippen molar-refractivity contribution < 1.29 is 9.59 Å². The van der Waals surface area contributed by atoms with Crippen molar-refractivity contribution in [3.8, 4) is 0 Å². The van der Waals surface area contributed by atoms with Crippen LogP contribution in [0.25, 0.3) is 0 Å². The van der Waals surface area contributed by atoms with E-state index in [1.165, 1.54) is 28.2 Å². The van der Waals surface area contributed by atoms with E-state index in [0.717, 1.165) is 31.6 Å². The lowest BCUT2D eigenvalue weighted by Crippen LogP contribution is -2.41. The number of hydrazine groups is 1. The molecular weight excluding hydrogens is 352 g/mol. The number of fused-ring (bicyclic) bond motifs is 1. The number of aryl methyl sites for hydroxylation is 2. The van der Waals surface area contributed by atoms with Gasteiger partial charge in [0.25, 0.3) is 5.91 Å². The van der Waals surface area contributed by atoms with Gasteiger partial charge in [-0.2, -0.15) is 0 Å². The number of carbonyl (C=O) groups is 2. The molecule has 2 heterocycles. The van der Waals surface area contributed by atoms with Crippen LogP contribution in [0.15, 0.2) is 23.6 Å². The molecule has 0 saturated carbocycles. The molecule has 4 nitrogen and oxygen atoms in total. The Labute approximate surface area is 156 Å². The van der Waals surface area contributed by atoms with Gasteiger partial charge >= 0.3 is 0 Å². The van der Waals surface area contributed by atoms with Crippen LogP contribution in [0.4, 0.5) is 0 Å². The second-order valence-electron chi connectivity index (χ2n) is 6.51. The van der Waals surface area contributed by atoms with Crippen molar-refractivity contribution in [1.29, 1.82) is 0 Å². The third-order valence-corrected chi connectivity index (χ3v) is 6.88. The van der Waals surface area contributed by atoms with Crippen LogP contribution >= 0.6 is 22.7 Å². The molecule has 2 N–H and O–H groups in total. The van der Waals surface area contributed by atoms with Gasteiger partial charge in [0.05, 0.1) is 4.88 Å². The molecule has 25 heavy (non-hydrogen) atoms. The Morgan fingerprint density at radius 3 is 2.96 bits per heavy atom. The number of hydrogen-bond donors (Lipinski definition) is 2. The van der Waals surface area contributed by atoms with Gasteiger partial charge in [0.1, 0.15) is 0 Å².